The molecule has 3 rings (SSSR count). The molecule has 0 spiro atoms. The highest BCUT2D eigenvalue weighted by molar-refractivity contribution is 6.30. The molecule has 0 aromatic heterocycles. The van der Waals surface area contributed by atoms with E-state index in [2.05, 4.69) is 16.0 Å². The van der Waals surface area contributed by atoms with Gasteiger partial charge in [-0.15, -0.1) is 0 Å². The zero-order valence-corrected chi connectivity index (χ0v) is 14.4. The fourth-order valence-corrected chi connectivity index (χ4v) is 3.88. The molecule has 0 aliphatic carbocycles. The van der Waals surface area contributed by atoms with E-state index in [0.717, 1.165) is 12.8 Å². The van der Waals surface area contributed by atoms with Crippen LogP contribution < -0.4 is 16.0 Å². The first kappa shape index (κ1) is 17.2. The Morgan fingerprint density at radius 1 is 1.04 bits per heavy atom. The third-order valence-electron chi connectivity index (χ3n) is 4.88. The number of carbonyl (C=O) groups excluding carboxylic acids is 2. The van der Waals surface area contributed by atoms with Crippen LogP contribution >= 0.6 is 11.6 Å². The molecule has 2 heterocycles. The summed E-state index contributed by atoms with van der Waals surface area (Å²) in [6, 6.07) is 7.96. The van der Waals surface area contributed by atoms with Gasteiger partial charge >= 0.3 is 0 Å². The highest BCUT2D eigenvalue weighted by Crippen LogP contribution is 2.32. The number of halogens is 1. The Balaban J connectivity index is 1.32. The smallest absolute Gasteiger partial charge is 0.251 e. The zero-order chi connectivity index (χ0) is 16.9. The maximum Gasteiger partial charge on any atom is 0.251 e. The van der Waals surface area contributed by atoms with Crippen LogP contribution in [-0.4, -0.2) is 37.0 Å². The number of hydrogen-bond acceptors (Lipinski definition) is 3. The van der Waals surface area contributed by atoms with Gasteiger partial charge in [-0.3, -0.25) is 9.59 Å². The van der Waals surface area contributed by atoms with Crippen molar-refractivity contribution in [3.8, 4) is 0 Å². The number of piperidine rings is 1. The molecule has 130 valence electrons. The van der Waals surface area contributed by atoms with Gasteiger partial charge in [0.2, 0.25) is 5.91 Å². The monoisotopic (exact) mass is 349 g/mol. The highest BCUT2D eigenvalue weighted by atomic mass is 35.5. The third-order valence-corrected chi connectivity index (χ3v) is 5.14. The Bertz CT molecular complexity index is 578. The molecule has 2 aliphatic rings. The maximum absolute atomic E-state index is 12.0. The number of nitrogens with one attached hydrogen (secondary N) is 3. The lowest BCUT2D eigenvalue weighted by Crippen LogP contribution is -2.40. The zero-order valence-electron chi connectivity index (χ0n) is 13.7. The Hall–Kier alpha value is -1.59. The Morgan fingerprint density at radius 3 is 2.33 bits per heavy atom. The summed E-state index contributed by atoms with van der Waals surface area (Å²) in [6.45, 7) is 0.876. The van der Waals surface area contributed by atoms with Crippen molar-refractivity contribution >= 4 is 23.4 Å². The summed E-state index contributed by atoms with van der Waals surface area (Å²) in [6.07, 6.45) is 5.31. The summed E-state index contributed by atoms with van der Waals surface area (Å²) in [5.74, 6) is 0.422. The maximum atomic E-state index is 12.0. The molecule has 0 saturated carbocycles. The molecule has 1 aromatic carbocycles. The molecule has 2 fully saturated rings. The van der Waals surface area contributed by atoms with Crippen LogP contribution in [0.2, 0.25) is 5.02 Å². The number of fused-ring (bicyclic) bond motifs is 2. The number of carbonyl (C=O) groups is 2. The molecule has 1 aromatic rings. The molecule has 3 N–H and O–H groups in total. The molecule has 2 bridgehead atoms. The number of rotatable bonds is 6. The fourth-order valence-electron chi connectivity index (χ4n) is 3.76. The molecular weight excluding hydrogens is 326 g/mol. The molecule has 24 heavy (non-hydrogen) atoms. The highest BCUT2D eigenvalue weighted by Gasteiger charge is 2.34. The van der Waals surface area contributed by atoms with E-state index in [0.29, 0.717) is 48.1 Å². The van der Waals surface area contributed by atoms with Gasteiger partial charge in [0.05, 0.1) is 0 Å². The topological polar surface area (TPSA) is 70.2 Å². The van der Waals surface area contributed by atoms with Gasteiger partial charge in [-0.05, 0) is 55.9 Å². The normalized spacial score (nSPS) is 25.3. The largest absolute Gasteiger partial charge is 0.354 e. The van der Waals surface area contributed by atoms with Gasteiger partial charge in [0.25, 0.3) is 5.91 Å². The van der Waals surface area contributed by atoms with E-state index in [1.807, 2.05) is 0 Å². The predicted octanol–water partition coefficient (Wildman–Crippen LogP) is 2.11. The molecular formula is C18H24ClN3O2. The standard InChI is InChI=1S/C18H24ClN3O2/c19-14-3-1-13(2-4-14)18(24)21-8-7-20-17(23)11-12-9-15-5-6-16(10-12)22-15/h1-4,12,15-16,22H,5-11H2,(H,20,23)(H,21,24). The molecule has 6 heteroatoms. The van der Waals surface area contributed by atoms with E-state index >= 15 is 0 Å². The van der Waals surface area contributed by atoms with E-state index in [9.17, 15) is 9.59 Å². The van der Waals surface area contributed by atoms with E-state index in [1.54, 1.807) is 24.3 Å². The molecule has 2 amide bonds. The number of hydrogen-bond donors (Lipinski definition) is 3. The van der Waals surface area contributed by atoms with Crippen LogP contribution in [0.5, 0.6) is 0 Å². The number of benzene rings is 1. The summed E-state index contributed by atoms with van der Waals surface area (Å²) in [7, 11) is 0. The van der Waals surface area contributed by atoms with Gasteiger partial charge < -0.3 is 16.0 Å². The first-order chi connectivity index (χ1) is 11.6. The Morgan fingerprint density at radius 2 is 1.67 bits per heavy atom. The summed E-state index contributed by atoms with van der Waals surface area (Å²) >= 11 is 5.80. The molecule has 2 atom stereocenters. The minimum atomic E-state index is -0.157. The second kappa shape index (κ2) is 7.99. The van der Waals surface area contributed by atoms with Crippen molar-refractivity contribution in [1.29, 1.82) is 0 Å². The predicted molar refractivity (Wildman–Crippen MR) is 94.1 cm³/mol. The van der Waals surface area contributed by atoms with Gasteiger partial charge in [0.1, 0.15) is 0 Å². The summed E-state index contributed by atoms with van der Waals surface area (Å²) in [5.41, 5.74) is 0.566. The minimum Gasteiger partial charge on any atom is -0.354 e. The van der Waals surface area contributed by atoms with Crippen LogP contribution in [0.25, 0.3) is 0 Å². The van der Waals surface area contributed by atoms with Crippen LogP contribution in [0, 0.1) is 5.92 Å². The average Bonchev–Trinajstić information content (AvgIpc) is 2.90. The summed E-state index contributed by atoms with van der Waals surface area (Å²) in [4.78, 5) is 24.0. The van der Waals surface area contributed by atoms with Gasteiger partial charge in [0.15, 0.2) is 0 Å². The van der Waals surface area contributed by atoms with E-state index < -0.39 is 0 Å². The molecule has 2 unspecified atom stereocenters. The van der Waals surface area contributed by atoms with Crippen molar-refractivity contribution in [2.75, 3.05) is 13.1 Å². The Labute approximate surface area is 147 Å². The summed E-state index contributed by atoms with van der Waals surface area (Å²) < 4.78 is 0. The fraction of sp³-hybridized carbons (Fsp3) is 0.556. The lowest BCUT2D eigenvalue weighted by atomic mass is 9.89. The van der Waals surface area contributed by atoms with E-state index in [1.165, 1.54) is 12.8 Å². The van der Waals surface area contributed by atoms with Crippen LogP contribution in [0.1, 0.15) is 42.5 Å². The molecule has 2 aliphatic heterocycles. The van der Waals surface area contributed by atoms with Gasteiger partial charge in [-0.2, -0.15) is 0 Å². The molecule has 0 radical (unpaired) electrons. The van der Waals surface area contributed by atoms with Crippen molar-refractivity contribution in [1.82, 2.24) is 16.0 Å². The summed E-state index contributed by atoms with van der Waals surface area (Å²) in [5, 5.41) is 9.89. The van der Waals surface area contributed by atoms with Gasteiger partial charge in [0, 0.05) is 42.2 Å². The van der Waals surface area contributed by atoms with Crippen molar-refractivity contribution in [2.24, 2.45) is 5.92 Å². The molecule has 2 saturated heterocycles. The Kier molecular flexibility index (Phi) is 5.74. The van der Waals surface area contributed by atoms with Crippen molar-refractivity contribution in [2.45, 2.75) is 44.2 Å². The number of amides is 2. The van der Waals surface area contributed by atoms with Crippen molar-refractivity contribution in [3.05, 3.63) is 34.9 Å². The molecule has 5 nitrogen and oxygen atoms in total. The SMILES string of the molecule is O=C(CC1CC2CCC(C1)N2)NCCNC(=O)c1ccc(Cl)cc1. The lowest BCUT2D eigenvalue weighted by Gasteiger charge is -2.28. The van der Waals surface area contributed by atoms with Crippen LogP contribution in [0.4, 0.5) is 0 Å². The third kappa shape index (κ3) is 4.71. The van der Waals surface area contributed by atoms with E-state index in [-0.39, 0.29) is 11.8 Å². The average molecular weight is 350 g/mol. The van der Waals surface area contributed by atoms with Gasteiger partial charge in [-0.25, -0.2) is 0 Å². The van der Waals surface area contributed by atoms with Crippen molar-refractivity contribution in [3.63, 3.8) is 0 Å². The van der Waals surface area contributed by atoms with Crippen LogP contribution in [-0.2, 0) is 4.79 Å². The van der Waals surface area contributed by atoms with E-state index in [4.69, 9.17) is 11.6 Å². The first-order valence-corrected chi connectivity index (χ1v) is 9.04. The quantitative estimate of drug-likeness (QED) is 0.689. The first-order valence-electron chi connectivity index (χ1n) is 8.66. The van der Waals surface area contributed by atoms with Gasteiger partial charge in [-0.1, -0.05) is 11.6 Å². The van der Waals surface area contributed by atoms with Crippen LogP contribution in [0.3, 0.4) is 0 Å². The second-order valence-corrected chi connectivity index (χ2v) is 7.23. The lowest BCUT2D eigenvalue weighted by molar-refractivity contribution is -0.122. The van der Waals surface area contributed by atoms with Crippen LogP contribution in [0.15, 0.2) is 24.3 Å². The second-order valence-electron chi connectivity index (χ2n) is 6.79. The van der Waals surface area contributed by atoms with Crippen molar-refractivity contribution < 1.29 is 9.59 Å². The minimum absolute atomic E-state index is 0.0852.